The number of aromatic amines is 1. The topological polar surface area (TPSA) is 104 Å². The standard InChI is InChI=1S/C19H18N4O3S/c1-11-5-6-15(12(2)8-11)22-16(24)9-13-10-27-19(21-13)23-18(26)14-4-3-7-20-17(14)25/h3-8,10H,9H2,1-2H3,(H,20,25)(H,22,24)(H,21,23,26). The van der Waals surface area contributed by atoms with Crippen molar-refractivity contribution < 1.29 is 9.59 Å². The molecule has 0 unspecified atom stereocenters. The molecule has 0 fully saturated rings. The Morgan fingerprint density at radius 1 is 1.19 bits per heavy atom. The van der Waals surface area contributed by atoms with Gasteiger partial charge in [-0.2, -0.15) is 0 Å². The molecule has 0 aliphatic rings. The number of nitrogens with one attached hydrogen (secondary N) is 3. The lowest BCUT2D eigenvalue weighted by atomic mass is 10.1. The summed E-state index contributed by atoms with van der Waals surface area (Å²) in [6, 6.07) is 8.80. The highest BCUT2D eigenvalue weighted by Crippen LogP contribution is 2.19. The Morgan fingerprint density at radius 2 is 2.00 bits per heavy atom. The van der Waals surface area contributed by atoms with Gasteiger partial charge in [0.2, 0.25) is 5.91 Å². The van der Waals surface area contributed by atoms with Gasteiger partial charge in [-0.15, -0.1) is 11.3 Å². The fraction of sp³-hybridized carbons (Fsp3) is 0.158. The van der Waals surface area contributed by atoms with Crippen molar-refractivity contribution in [2.45, 2.75) is 20.3 Å². The highest BCUT2D eigenvalue weighted by Gasteiger charge is 2.14. The van der Waals surface area contributed by atoms with Crippen LogP contribution < -0.4 is 16.2 Å². The van der Waals surface area contributed by atoms with Crippen LogP contribution in [0.15, 0.2) is 46.7 Å². The smallest absolute Gasteiger partial charge is 0.263 e. The summed E-state index contributed by atoms with van der Waals surface area (Å²) in [6.45, 7) is 3.93. The summed E-state index contributed by atoms with van der Waals surface area (Å²) >= 11 is 1.20. The molecule has 0 atom stereocenters. The molecule has 3 rings (SSSR count). The van der Waals surface area contributed by atoms with Gasteiger partial charge in [0.25, 0.3) is 11.5 Å². The molecule has 27 heavy (non-hydrogen) atoms. The molecule has 0 saturated heterocycles. The summed E-state index contributed by atoms with van der Waals surface area (Å²) in [6.07, 6.45) is 1.54. The van der Waals surface area contributed by atoms with Crippen molar-refractivity contribution in [2.24, 2.45) is 0 Å². The number of hydrogen-bond acceptors (Lipinski definition) is 5. The number of hydrogen-bond donors (Lipinski definition) is 3. The van der Waals surface area contributed by atoms with Gasteiger partial charge in [0.1, 0.15) is 5.56 Å². The number of benzene rings is 1. The molecule has 2 aromatic heterocycles. The highest BCUT2D eigenvalue weighted by atomic mass is 32.1. The normalized spacial score (nSPS) is 10.4. The van der Waals surface area contributed by atoms with Gasteiger partial charge >= 0.3 is 0 Å². The number of H-pyrrole nitrogens is 1. The van der Waals surface area contributed by atoms with Crippen molar-refractivity contribution in [3.8, 4) is 0 Å². The van der Waals surface area contributed by atoms with Crippen LogP contribution in [0.3, 0.4) is 0 Å². The second kappa shape index (κ2) is 7.96. The SMILES string of the molecule is Cc1ccc(NC(=O)Cc2csc(NC(=O)c3ccc[nH]c3=O)n2)c(C)c1. The van der Waals surface area contributed by atoms with Crippen LogP contribution in [0.4, 0.5) is 10.8 Å². The van der Waals surface area contributed by atoms with Crippen LogP contribution in [0.5, 0.6) is 0 Å². The average Bonchev–Trinajstić information content (AvgIpc) is 3.04. The van der Waals surface area contributed by atoms with Crippen molar-refractivity contribution in [3.05, 3.63) is 74.6 Å². The molecule has 3 aromatic rings. The molecule has 7 nitrogen and oxygen atoms in total. The Kier molecular flexibility index (Phi) is 5.46. The number of carbonyl (C=O) groups excluding carboxylic acids is 2. The van der Waals surface area contributed by atoms with Crippen molar-refractivity contribution >= 4 is 34.0 Å². The molecule has 138 valence electrons. The number of thiazole rings is 1. The molecule has 3 N–H and O–H groups in total. The van der Waals surface area contributed by atoms with Crippen LogP contribution in [-0.4, -0.2) is 21.8 Å². The lowest BCUT2D eigenvalue weighted by Crippen LogP contribution is -2.22. The number of aromatic nitrogens is 2. The summed E-state index contributed by atoms with van der Waals surface area (Å²) in [5.41, 5.74) is 2.95. The van der Waals surface area contributed by atoms with E-state index in [9.17, 15) is 14.4 Å². The molecular weight excluding hydrogens is 364 g/mol. The third-order valence-electron chi connectivity index (χ3n) is 3.83. The van der Waals surface area contributed by atoms with E-state index in [2.05, 4.69) is 20.6 Å². The predicted molar refractivity (Wildman–Crippen MR) is 105 cm³/mol. The monoisotopic (exact) mass is 382 g/mol. The second-order valence-electron chi connectivity index (χ2n) is 6.05. The lowest BCUT2D eigenvalue weighted by Gasteiger charge is -2.08. The number of nitrogens with zero attached hydrogens (tertiary/aromatic N) is 1. The number of pyridine rings is 1. The van der Waals surface area contributed by atoms with Crippen molar-refractivity contribution in [1.29, 1.82) is 0 Å². The molecule has 2 amide bonds. The van der Waals surface area contributed by atoms with Crippen LogP contribution in [-0.2, 0) is 11.2 Å². The van der Waals surface area contributed by atoms with E-state index in [1.165, 1.54) is 23.6 Å². The van der Waals surface area contributed by atoms with Crippen LogP contribution in [0, 0.1) is 13.8 Å². The molecule has 0 saturated carbocycles. The zero-order valence-corrected chi connectivity index (χ0v) is 15.6. The van der Waals surface area contributed by atoms with Gasteiger partial charge in [0.15, 0.2) is 5.13 Å². The van der Waals surface area contributed by atoms with Gasteiger partial charge in [0.05, 0.1) is 12.1 Å². The van der Waals surface area contributed by atoms with Gasteiger partial charge in [-0.25, -0.2) is 4.98 Å². The number of rotatable bonds is 5. The maximum atomic E-state index is 12.2. The zero-order valence-electron chi connectivity index (χ0n) is 14.8. The minimum Gasteiger partial charge on any atom is -0.328 e. The number of amides is 2. The van der Waals surface area contributed by atoms with Crippen LogP contribution in [0.2, 0.25) is 0 Å². The fourth-order valence-corrected chi connectivity index (χ4v) is 3.23. The first-order valence-corrected chi connectivity index (χ1v) is 9.11. The lowest BCUT2D eigenvalue weighted by molar-refractivity contribution is -0.115. The summed E-state index contributed by atoms with van der Waals surface area (Å²) in [4.78, 5) is 42.7. The maximum absolute atomic E-state index is 12.2. The van der Waals surface area contributed by atoms with E-state index in [4.69, 9.17) is 0 Å². The zero-order chi connectivity index (χ0) is 19.4. The first kappa shape index (κ1) is 18.5. The first-order chi connectivity index (χ1) is 12.9. The Labute approximate surface area is 159 Å². The molecule has 0 aliphatic carbocycles. The summed E-state index contributed by atoms with van der Waals surface area (Å²) in [5.74, 6) is -0.734. The van der Waals surface area contributed by atoms with E-state index < -0.39 is 11.5 Å². The minimum atomic E-state index is -0.544. The van der Waals surface area contributed by atoms with E-state index >= 15 is 0 Å². The van der Waals surface area contributed by atoms with Crippen molar-refractivity contribution in [2.75, 3.05) is 10.6 Å². The van der Waals surface area contributed by atoms with Gasteiger partial charge in [0, 0.05) is 17.3 Å². The number of carbonyl (C=O) groups is 2. The van der Waals surface area contributed by atoms with Gasteiger partial charge in [-0.1, -0.05) is 17.7 Å². The third-order valence-corrected chi connectivity index (χ3v) is 4.64. The quantitative estimate of drug-likeness (QED) is 0.631. The van der Waals surface area contributed by atoms with Crippen LogP contribution in [0.25, 0.3) is 0 Å². The Balaban J connectivity index is 1.62. The van der Waals surface area contributed by atoms with E-state index in [1.807, 2.05) is 32.0 Å². The summed E-state index contributed by atoms with van der Waals surface area (Å²) < 4.78 is 0. The molecule has 2 heterocycles. The van der Waals surface area contributed by atoms with E-state index in [0.717, 1.165) is 16.8 Å². The third kappa shape index (κ3) is 4.68. The molecular formula is C19H18N4O3S. The highest BCUT2D eigenvalue weighted by molar-refractivity contribution is 7.14. The van der Waals surface area contributed by atoms with Gasteiger partial charge in [-0.3, -0.25) is 19.7 Å². The van der Waals surface area contributed by atoms with Crippen molar-refractivity contribution in [3.63, 3.8) is 0 Å². The minimum absolute atomic E-state index is 0.00170. The van der Waals surface area contributed by atoms with Crippen molar-refractivity contribution in [1.82, 2.24) is 9.97 Å². The van der Waals surface area contributed by atoms with Crippen LogP contribution >= 0.6 is 11.3 Å². The summed E-state index contributed by atoms with van der Waals surface area (Å²) in [5, 5.41) is 7.47. The van der Waals surface area contributed by atoms with E-state index in [0.29, 0.717) is 10.8 Å². The number of aryl methyl sites for hydroxylation is 2. The Bertz CT molecular complexity index is 1050. The van der Waals surface area contributed by atoms with E-state index in [1.54, 1.807) is 11.4 Å². The molecule has 0 radical (unpaired) electrons. The molecule has 0 spiro atoms. The van der Waals surface area contributed by atoms with Crippen LogP contribution in [0.1, 0.15) is 27.2 Å². The maximum Gasteiger partial charge on any atom is 0.263 e. The Hall–Kier alpha value is -3.26. The average molecular weight is 382 g/mol. The molecule has 8 heteroatoms. The molecule has 0 bridgehead atoms. The molecule has 1 aromatic carbocycles. The van der Waals surface area contributed by atoms with E-state index in [-0.39, 0.29) is 17.9 Å². The first-order valence-electron chi connectivity index (χ1n) is 8.23. The predicted octanol–water partition coefficient (Wildman–Crippen LogP) is 2.88. The summed E-state index contributed by atoms with van der Waals surface area (Å²) in [7, 11) is 0. The largest absolute Gasteiger partial charge is 0.328 e. The number of anilines is 2. The molecule has 0 aliphatic heterocycles. The van der Waals surface area contributed by atoms with Gasteiger partial charge in [-0.05, 0) is 37.6 Å². The Morgan fingerprint density at radius 3 is 2.74 bits per heavy atom. The second-order valence-corrected chi connectivity index (χ2v) is 6.91. The fourth-order valence-electron chi connectivity index (χ4n) is 2.52. The van der Waals surface area contributed by atoms with Gasteiger partial charge < -0.3 is 10.3 Å².